The zero-order valence-electron chi connectivity index (χ0n) is 13.4. The molecule has 2 rings (SSSR count). The zero-order valence-corrected chi connectivity index (χ0v) is 13.4. The first-order chi connectivity index (χ1) is 9.47. The Bertz CT molecular complexity index is 440. The van der Waals surface area contributed by atoms with Gasteiger partial charge in [-0.3, -0.25) is 4.90 Å². The van der Waals surface area contributed by atoms with Gasteiger partial charge < -0.3 is 10.6 Å². The third-order valence-electron chi connectivity index (χ3n) is 4.09. The fraction of sp³-hybridized carbons (Fsp3) is 0.647. The molecule has 3 nitrogen and oxygen atoms in total. The second-order valence-corrected chi connectivity index (χ2v) is 6.70. The van der Waals surface area contributed by atoms with Crippen LogP contribution in [0.4, 0.5) is 5.69 Å². The monoisotopic (exact) mass is 275 g/mol. The Morgan fingerprint density at radius 1 is 1.25 bits per heavy atom. The maximum absolute atomic E-state index is 5.91. The van der Waals surface area contributed by atoms with Crippen molar-refractivity contribution >= 4 is 5.69 Å². The average Bonchev–Trinajstić information content (AvgIpc) is 2.76. The molecule has 1 atom stereocenters. The largest absolute Gasteiger partial charge is 0.399 e. The maximum atomic E-state index is 5.91. The second-order valence-electron chi connectivity index (χ2n) is 6.70. The number of hydrogen-bond acceptors (Lipinski definition) is 3. The number of benzene rings is 1. The van der Waals surface area contributed by atoms with Crippen LogP contribution in [0.5, 0.6) is 0 Å². The third kappa shape index (κ3) is 3.74. The van der Waals surface area contributed by atoms with Gasteiger partial charge in [0.1, 0.15) is 0 Å². The third-order valence-corrected chi connectivity index (χ3v) is 4.09. The van der Waals surface area contributed by atoms with Crippen molar-refractivity contribution in [1.82, 2.24) is 9.80 Å². The van der Waals surface area contributed by atoms with E-state index >= 15 is 0 Å². The van der Waals surface area contributed by atoms with E-state index in [4.69, 9.17) is 5.73 Å². The van der Waals surface area contributed by atoms with Gasteiger partial charge in [-0.25, -0.2) is 0 Å². The predicted molar refractivity (Wildman–Crippen MR) is 86.9 cm³/mol. The van der Waals surface area contributed by atoms with Gasteiger partial charge in [0.15, 0.2) is 0 Å². The first kappa shape index (κ1) is 15.3. The van der Waals surface area contributed by atoms with Crippen LogP contribution in [0.1, 0.15) is 37.4 Å². The molecule has 0 aliphatic heterocycles. The van der Waals surface area contributed by atoms with Gasteiger partial charge in [0.05, 0.1) is 0 Å². The highest BCUT2D eigenvalue weighted by Crippen LogP contribution is 2.36. The molecule has 0 spiro atoms. The lowest BCUT2D eigenvalue weighted by atomic mass is 10.0. The van der Waals surface area contributed by atoms with E-state index < -0.39 is 0 Å². The van der Waals surface area contributed by atoms with Crippen molar-refractivity contribution in [1.29, 1.82) is 0 Å². The Kier molecular flexibility index (Phi) is 5.06. The standard InChI is InChI=1S/C17H29N3/c1-13(2)12-20(10-9-19(3)4)17-8-5-14-11-15(18)6-7-16(14)17/h6-7,11,13,17H,5,8-10,12,18H2,1-4H3. The summed E-state index contributed by atoms with van der Waals surface area (Å²) in [6.45, 7) is 8.04. The molecule has 0 saturated carbocycles. The molecule has 1 aromatic carbocycles. The summed E-state index contributed by atoms with van der Waals surface area (Å²) in [6, 6.07) is 7.03. The van der Waals surface area contributed by atoms with Crippen LogP contribution < -0.4 is 5.73 Å². The quantitative estimate of drug-likeness (QED) is 0.810. The van der Waals surface area contributed by atoms with Gasteiger partial charge >= 0.3 is 0 Å². The van der Waals surface area contributed by atoms with Crippen LogP contribution in [0.25, 0.3) is 0 Å². The van der Waals surface area contributed by atoms with E-state index in [0.29, 0.717) is 12.0 Å². The number of nitrogens with two attached hydrogens (primary N) is 1. The number of aryl methyl sites for hydroxylation is 1. The van der Waals surface area contributed by atoms with Gasteiger partial charge in [-0.1, -0.05) is 19.9 Å². The number of rotatable bonds is 6. The number of hydrogen-bond donors (Lipinski definition) is 1. The molecule has 0 saturated heterocycles. The molecule has 0 bridgehead atoms. The number of fused-ring (bicyclic) bond motifs is 1. The van der Waals surface area contributed by atoms with Crippen LogP contribution in [-0.2, 0) is 6.42 Å². The van der Waals surface area contributed by atoms with Gasteiger partial charge in [-0.05, 0) is 56.1 Å². The number of nitrogen functional groups attached to an aromatic ring is 1. The van der Waals surface area contributed by atoms with Gasteiger partial charge in [0.25, 0.3) is 0 Å². The average molecular weight is 275 g/mol. The van der Waals surface area contributed by atoms with E-state index in [0.717, 1.165) is 18.8 Å². The predicted octanol–water partition coefficient (Wildman–Crippen LogP) is 2.78. The molecule has 0 fully saturated rings. The van der Waals surface area contributed by atoms with Crippen molar-refractivity contribution in [3.05, 3.63) is 29.3 Å². The molecular weight excluding hydrogens is 246 g/mol. The van der Waals surface area contributed by atoms with E-state index in [9.17, 15) is 0 Å². The lowest BCUT2D eigenvalue weighted by Crippen LogP contribution is -2.36. The highest BCUT2D eigenvalue weighted by molar-refractivity contribution is 5.47. The normalized spacial score (nSPS) is 18.2. The fourth-order valence-electron chi connectivity index (χ4n) is 3.17. The van der Waals surface area contributed by atoms with Crippen molar-refractivity contribution in [2.45, 2.75) is 32.7 Å². The van der Waals surface area contributed by atoms with Crippen LogP contribution in [0.2, 0.25) is 0 Å². The minimum absolute atomic E-state index is 0.577. The number of likely N-dealkylation sites (N-methyl/N-ethyl adjacent to an activating group) is 1. The molecule has 1 unspecified atom stereocenters. The van der Waals surface area contributed by atoms with Crippen LogP contribution in [0.15, 0.2) is 18.2 Å². The van der Waals surface area contributed by atoms with Crippen LogP contribution >= 0.6 is 0 Å². The second kappa shape index (κ2) is 6.59. The van der Waals surface area contributed by atoms with Crippen molar-refractivity contribution in [2.24, 2.45) is 5.92 Å². The topological polar surface area (TPSA) is 32.5 Å². The summed E-state index contributed by atoms with van der Waals surface area (Å²) in [5.74, 6) is 0.704. The number of nitrogens with zero attached hydrogens (tertiary/aromatic N) is 2. The van der Waals surface area contributed by atoms with Crippen LogP contribution in [-0.4, -0.2) is 43.5 Å². The first-order valence-corrected chi connectivity index (χ1v) is 7.74. The van der Waals surface area contributed by atoms with Gasteiger partial charge in [-0.15, -0.1) is 0 Å². The molecule has 1 aliphatic carbocycles. The summed E-state index contributed by atoms with van der Waals surface area (Å²) in [5, 5.41) is 0. The van der Waals surface area contributed by atoms with Crippen LogP contribution in [0.3, 0.4) is 0 Å². The molecule has 1 aliphatic rings. The molecular formula is C17H29N3. The Morgan fingerprint density at radius 3 is 2.65 bits per heavy atom. The summed E-state index contributed by atoms with van der Waals surface area (Å²) in [4.78, 5) is 4.93. The lowest BCUT2D eigenvalue weighted by Gasteiger charge is -2.32. The Labute approximate surface area is 123 Å². The van der Waals surface area contributed by atoms with Gasteiger partial charge in [0, 0.05) is 31.4 Å². The van der Waals surface area contributed by atoms with Gasteiger partial charge in [0.2, 0.25) is 0 Å². The molecule has 0 heterocycles. The van der Waals surface area contributed by atoms with E-state index in [1.807, 2.05) is 0 Å². The molecule has 112 valence electrons. The first-order valence-electron chi connectivity index (χ1n) is 7.74. The molecule has 0 amide bonds. The van der Waals surface area contributed by atoms with Crippen molar-refractivity contribution < 1.29 is 0 Å². The minimum Gasteiger partial charge on any atom is -0.399 e. The SMILES string of the molecule is CC(C)CN(CCN(C)C)C1CCc2cc(N)ccc21. The summed E-state index contributed by atoms with van der Waals surface area (Å²) in [6.07, 6.45) is 2.40. The highest BCUT2D eigenvalue weighted by atomic mass is 15.2. The summed E-state index contributed by atoms with van der Waals surface area (Å²) in [5.41, 5.74) is 9.76. The maximum Gasteiger partial charge on any atom is 0.0354 e. The highest BCUT2D eigenvalue weighted by Gasteiger charge is 2.28. The van der Waals surface area contributed by atoms with Crippen molar-refractivity contribution in [3.8, 4) is 0 Å². The summed E-state index contributed by atoms with van der Waals surface area (Å²) < 4.78 is 0. The summed E-state index contributed by atoms with van der Waals surface area (Å²) >= 11 is 0. The Hall–Kier alpha value is -1.06. The van der Waals surface area contributed by atoms with E-state index in [2.05, 4.69) is 55.9 Å². The van der Waals surface area contributed by atoms with Gasteiger partial charge in [-0.2, -0.15) is 0 Å². The molecule has 0 radical (unpaired) electrons. The Morgan fingerprint density at radius 2 is 2.00 bits per heavy atom. The van der Waals surface area contributed by atoms with Crippen molar-refractivity contribution in [3.63, 3.8) is 0 Å². The molecule has 0 aromatic heterocycles. The zero-order chi connectivity index (χ0) is 14.7. The van der Waals surface area contributed by atoms with Crippen LogP contribution in [0, 0.1) is 5.92 Å². The minimum atomic E-state index is 0.577. The van der Waals surface area contributed by atoms with E-state index in [1.54, 1.807) is 0 Å². The molecule has 3 heteroatoms. The van der Waals surface area contributed by atoms with E-state index in [-0.39, 0.29) is 0 Å². The Balaban J connectivity index is 2.14. The lowest BCUT2D eigenvalue weighted by molar-refractivity contribution is 0.160. The fourth-order valence-corrected chi connectivity index (χ4v) is 3.17. The number of anilines is 1. The molecule has 2 N–H and O–H groups in total. The molecule has 20 heavy (non-hydrogen) atoms. The summed E-state index contributed by atoms with van der Waals surface area (Å²) in [7, 11) is 4.30. The smallest absolute Gasteiger partial charge is 0.0354 e. The van der Waals surface area contributed by atoms with E-state index in [1.165, 1.54) is 30.5 Å². The molecule has 1 aromatic rings. The van der Waals surface area contributed by atoms with Crippen molar-refractivity contribution in [2.75, 3.05) is 39.5 Å².